The third kappa shape index (κ3) is 5.95. The lowest BCUT2D eigenvalue weighted by atomic mass is 9.96. The first kappa shape index (κ1) is 18.6. The van der Waals surface area contributed by atoms with E-state index in [0.29, 0.717) is 0 Å². The summed E-state index contributed by atoms with van der Waals surface area (Å²) in [6, 6.07) is 0. The highest BCUT2D eigenvalue weighted by molar-refractivity contribution is 4.81. The molecule has 0 atom stereocenters. The van der Waals surface area contributed by atoms with Gasteiger partial charge in [0.1, 0.15) is 0 Å². The molecular formula is C19H39N5. The summed E-state index contributed by atoms with van der Waals surface area (Å²) in [4.78, 5) is 7.66. The normalized spacial score (nSPS) is 28.8. The molecule has 0 bridgehead atoms. The molecule has 4 fully saturated rings. The van der Waals surface area contributed by atoms with Crippen molar-refractivity contribution in [1.82, 2.24) is 25.3 Å². The summed E-state index contributed by atoms with van der Waals surface area (Å²) in [5, 5.41) is 6.66. The lowest BCUT2D eigenvalue weighted by molar-refractivity contribution is 0.122. The van der Waals surface area contributed by atoms with Crippen LogP contribution in [0, 0.1) is 17.8 Å². The van der Waals surface area contributed by atoms with Crippen molar-refractivity contribution in [3.63, 3.8) is 0 Å². The molecule has 2 N–H and O–H groups in total. The number of rotatable bonds is 4. The molecule has 24 heavy (non-hydrogen) atoms. The summed E-state index contributed by atoms with van der Waals surface area (Å²) >= 11 is 0. The summed E-state index contributed by atoms with van der Waals surface area (Å²) in [6.07, 6.45) is 2.83. The largest absolute Gasteiger partial charge is 0.316 e. The molecule has 4 rings (SSSR count). The minimum Gasteiger partial charge on any atom is -0.316 e. The molecule has 0 spiro atoms. The number of piperidine rings is 1. The molecule has 0 saturated carbocycles. The maximum Gasteiger partial charge on any atom is 0.0110 e. The fourth-order valence-electron chi connectivity index (χ4n) is 3.96. The molecule has 5 nitrogen and oxygen atoms in total. The van der Waals surface area contributed by atoms with Crippen molar-refractivity contribution in [3.8, 4) is 0 Å². The molecule has 140 valence electrons. The fourth-order valence-corrected chi connectivity index (χ4v) is 3.96. The Balaban J connectivity index is 0.000000141. The number of nitrogens with one attached hydrogen (secondary N) is 2. The lowest BCUT2D eigenvalue weighted by Crippen LogP contribution is -2.52. The van der Waals surface area contributed by atoms with Crippen LogP contribution in [0.4, 0.5) is 0 Å². The van der Waals surface area contributed by atoms with E-state index in [1.165, 1.54) is 91.4 Å². The third-order valence-electron chi connectivity index (χ3n) is 6.24. The Morgan fingerprint density at radius 3 is 1.58 bits per heavy atom. The first-order chi connectivity index (χ1) is 11.7. The van der Waals surface area contributed by atoms with Gasteiger partial charge in [0.05, 0.1) is 0 Å². The average molecular weight is 338 g/mol. The quantitative estimate of drug-likeness (QED) is 0.776. The van der Waals surface area contributed by atoms with Gasteiger partial charge in [0.25, 0.3) is 0 Å². The van der Waals surface area contributed by atoms with Crippen molar-refractivity contribution >= 4 is 0 Å². The number of piperazine rings is 1. The Bertz CT molecular complexity index is 306. The molecule has 4 saturated heterocycles. The molecule has 0 aromatic rings. The van der Waals surface area contributed by atoms with E-state index < -0.39 is 0 Å². The van der Waals surface area contributed by atoms with E-state index in [9.17, 15) is 0 Å². The van der Waals surface area contributed by atoms with Gasteiger partial charge in [-0.15, -0.1) is 0 Å². The number of hydrogen-bond donors (Lipinski definition) is 2. The molecule has 0 aromatic carbocycles. The van der Waals surface area contributed by atoms with Gasteiger partial charge >= 0.3 is 0 Å². The second-order valence-electron chi connectivity index (χ2n) is 8.64. The van der Waals surface area contributed by atoms with Crippen LogP contribution in [0.2, 0.25) is 0 Å². The van der Waals surface area contributed by atoms with E-state index >= 15 is 0 Å². The van der Waals surface area contributed by atoms with Crippen LogP contribution in [0.3, 0.4) is 0 Å². The summed E-state index contributed by atoms with van der Waals surface area (Å²) in [7, 11) is 2.21. The molecule has 0 amide bonds. The molecule has 0 aromatic heterocycles. The highest BCUT2D eigenvalue weighted by atomic mass is 15.2. The number of likely N-dealkylation sites (tertiary alicyclic amines) is 1. The monoisotopic (exact) mass is 337 g/mol. The maximum atomic E-state index is 3.33. The predicted molar refractivity (Wildman–Crippen MR) is 101 cm³/mol. The lowest BCUT2D eigenvalue weighted by Gasteiger charge is -2.37. The van der Waals surface area contributed by atoms with Gasteiger partial charge in [-0.25, -0.2) is 0 Å². The van der Waals surface area contributed by atoms with Crippen LogP contribution < -0.4 is 10.6 Å². The maximum absolute atomic E-state index is 3.33. The second kappa shape index (κ2) is 9.48. The van der Waals surface area contributed by atoms with Crippen molar-refractivity contribution in [2.24, 2.45) is 17.8 Å². The fraction of sp³-hybridized carbons (Fsp3) is 1.00. The van der Waals surface area contributed by atoms with Crippen LogP contribution in [-0.4, -0.2) is 100 Å². The van der Waals surface area contributed by atoms with Crippen molar-refractivity contribution < 1.29 is 0 Å². The molecule has 0 unspecified atom stereocenters. The first-order valence-electron chi connectivity index (χ1n) is 10.2. The minimum atomic E-state index is 0.938. The van der Waals surface area contributed by atoms with Crippen LogP contribution in [0.1, 0.15) is 19.8 Å². The van der Waals surface area contributed by atoms with Crippen LogP contribution in [0.25, 0.3) is 0 Å². The zero-order valence-electron chi connectivity index (χ0n) is 16.0. The van der Waals surface area contributed by atoms with Crippen molar-refractivity contribution in [2.75, 3.05) is 85.6 Å². The summed E-state index contributed by atoms with van der Waals surface area (Å²) in [5.41, 5.74) is 0. The van der Waals surface area contributed by atoms with Gasteiger partial charge in [-0.1, -0.05) is 6.92 Å². The molecular weight excluding hydrogens is 298 g/mol. The molecule has 0 radical (unpaired) electrons. The topological polar surface area (TPSA) is 33.8 Å². The van der Waals surface area contributed by atoms with Gasteiger partial charge in [-0.2, -0.15) is 0 Å². The predicted octanol–water partition coefficient (Wildman–Crippen LogP) is 0.391. The highest BCUT2D eigenvalue weighted by Crippen LogP contribution is 2.17. The third-order valence-corrected chi connectivity index (χ3v) is 6.24. The number of likely N-dealkylation sites (N-methyl/N-ethyl adjacent to an activating group) is 1. The van der Waals surface area contributed by atoms with Gasteiger partial charge in [0.15, 0.2) is 0 Å². The van der Waals surface area contributed by atoms with E-state index in [2.05, 4.69) is 39.3 Å². The summed E-state index contributed by atoms with van der Waals surface area (Å²) in [5.74, 6) is 2.87. The highest BCUT2D eigenvalue weighted by Gasteiger charge is 2.23. The summed E-state index contributed by atoms with van der Waals surface area (Å²) < 4.78 is 0. The Morgan fingerprint density at radius 1 is 0.708 bits per heavy atom. The van der Waals surface area contributed by atoms with E-state index in [1.54, 1.807) is 0 Å². The number of hydrogen-bond acceptors (Lipinski definition) is 5. The molecule has 0 aliphatic carbocycles. The van der Waals surface area contributed by atoms with Crippen LogP contribution >= 0.6 is 0 Å². The first-order valence-corrected chi connectivity index (χ1v) is 10.2. The van der Waals surface area contributed by atoms with E-state index in [-0.39, 0.29) is 0 Å². The van der Waals surface area contributed by atoms with E-state index in [4.69, 9.17) is 0 Å². The number of nitrogens with zero attached hydrogens (tertiary/aromatic N) is 3. The standard InChI is InChI=1S/C10H20N2.C9H19N3/c1-9-2-4-12(5-3-9)8-10-6-11-7-10;1-11-2-4-12(5-3-11)8-9-6-10-7-9/h9-11H,2-8H2,1H3;9-10H,2-8H2,1H3. The Morgan fingerprint density at radius 2 is 1.17 bits per heavy atom. The average Bonchev–Trinajstić information content (AvgIpc) is 2.51. The van der Waals surface area contributed by atoms with Crippen LogP contribution in [0.15, 0.2) is 0 Å². The Labute approximate surface area is 149 Å². The van der Waals surface area contributed by atoms with Crippen molar-refractivity contribution in [1.29, 1.82) is 0 Å². The molecule has 5 heteroatoms. The van der Waals surface area contributed by atoms with Gasteiger partial charge < -0.3 is 25.3 Å². The van der Waals surface area contributed by atoms with Crippen molar-refractivity contribution in [3.05, 3.63) is 0 Å². The second-order valence-corrected chi connectivity index (χ2v) is 8.64. The smallest absolute Gasteiger partial charge is 0.0110 e. The van der Waals surface area contributed by atoms with E-state index in [1.807, 2.05) is 0 Å². The van der Waals surface area contributed by atoms with E-state index in [0.717, 1.165) is 17.8 Å². The van der Waals surface area contributed by atoms with Gasteiger partial charge in [-0.3, -0.25) is 0 Å². The Kier molecular flexibility index (Phi) is 7.35. The van der Waals surface area contributed by atoms with Gasteiger partial charge in [0, 0.05) is 65.4 Å². The molecule has 4 heterocycles. The van der Waals surface area contributed by atoms with Gasteiger partial charge in [-0.05, 0) is 50.7 Å². The SMILES string of the molecule is CC1CCN(CC2CNC2)CC1.CN1CCN(CC2CNC2)CC1. The summed E-state index contributed by atoms with van der Waals surface area (Å²) in [6.45, 7) is 17.8. The van der Waals surface area contributed by atoms with Crippen LogP contribution in [0.5, 0.6) is 0 Å². The molecule has 4 aliphatic heterocycles. The minimum absolute atomic E-state index is 0.938. The zero-order valence-corrected chi connectivity index (χ0v) is 16.0. The Hall–Kier alpha value is -0.200. The van der Waals surface area contributed by atoms with Crippen LogP contribution in [-0.2, 0) is 0 Å². The zero-order chi connectivity index (χ0) is 16.8. The van der Waals surface area contributed by atoms with Crippen molar-refractivity contribution in [2.45, 2.75) is 19.8 Å². The molecule has 4 aliphatic rings. The van der Waals surface area contributed by atoms with Gasteiger partial charge in [0.2, 0.25) is 0 Å².